The van der Waals surface area contributed by atoms with Gasteiger partial charge in [-0.1, -0.05) is 18.2 Å². The highest BCUT2D eigenvalue weighted by molar-refractivity contribution is 5.57. The zero-order valence-corrected chi connectivity index (χ0v) is 16.3. The molecule has 1 saturated heterocycles. The van der Waals surface area contributed by atoms with Crippen LogP contribution in [0, 0.1) is 11.6 Å². The van der Waals surface area contributed by atoms with Crippen molar-refractivity contribution in [3.63, 3.8) is 0 Å². The molecule has 3 aromatic rings. The van der Waals surface area contributed by atoms with Crippen LogP contribution in [0.3, 0.4) is 0 Å². The van der Waals surface area contributed by atoms with Gasteiger partial charge in [-0.25, -0.2) is 28.9 Å². The van der Waals surface area contributed by atoms with Crippen molar-refractivity contribution >= 4 is 5.69 Å². The number of aliphatic hydroxyl groups is 1. The first-order valence-corrected chi connectivity index (χ1v) is 9.42. The summed E-state index contributed by atoms with van der Waals surface area (Å²) in [5.74, 6) is -1.44. The van der Waals surface area contributed by atoms with Crippen LogP contribution in [0.15, 0.2) is 55.1 Å². The Labute approximate surface area is 172 Å². The standard InChI is InChI=1S/C20H22F2N6O2/c1-14(28-13-26(12-25-28)18-4-2-3-5-19(18)29)20(30,9-27-11-23-10-24-27)16-7-6-15(21)8-17(16)22/h2-8,10-11,14,25,29-30H,9,12-13H2,1H3. The van der Waals surface area contributed by atoms with Gasteiger partial charge in [0.05, 0.1) is 31.6 Å². The number of phenolic OH excluding ortho intramolecular Hbond substituents is 1. The largest absolute Gasteiger partial charge is 0.506 e. The molecule has 1 fully saturated rings. The van der Waals surface area contributed by atoms with E-state index in [0.29, 0.717) is 19.0 Å². The first-order chi connectivity index (χ1) is 14.4. The highest BCUT2D eigenvalue weighted by Crippen LogP contribution is 2.34. The fraction of sp³-hybridized carbons (Fsp3) is 0.300. The second-order valence-corrected chi connectivity index (χ2v) is 7.27. The molecular formula is C20H22F2N6O2. The van der Waals surface area contributed by atoms with E-state index in [1.165, 1.54) is 23.4 Å². The highest BCUT2D eigenvalue weighted by atomic mass is 19.1. The van der Waals surface area contributed by atoms with E-state index in [9.17, 15) is 19.0 Å². The fourth-order valence-electron chi connectivity index (χ4n) is 3.71. The number of nitrogens with zero attached hydrogens (tertiary/aromatic N) is 5. The molecule has 0 amide bonds. The second-order valence-electron chi connectivity index (χ2n) is 7.27. The number of phenols is 1. The maximum absolute atomic E-state index is 14.7. The minimum atomic E-state index is -1.76. The predicted octanol–water partition coefficient (Wildman–Crippen LogP) is 1.78. The number of benzene rings is 2. The van der Waals surface area contributed by atoms with Gasteiger partial charge in [0, 0.05) is 11.6 Å². The lowest BCUT2D eigenvalue weighted by atomic mass is 9.86. The van der Waals surface area contributed by atoms with Gasteiger partial charge in [-0.3, -0.25) is 0 Å². The minimum absolute atomic E-state index is 0.0466. The lowest BCUT2D eigenvalue weighted by molar-refractivity contribution is -0.0699. The molecule has 0 saturated carbocycles. The molecule has 2 heterocycles. The van der Waals surface area contributed by atoms with Crippen LogP contribution in [0.4, 0.5) is 14.5 Å². The van der Waals surface area contributed by atoms with Crippen molar-refractivity contribution in [3.8, 4) is 5.75 Å². The number of hydrogen-bond donors (Lipinski definition) is 3. The van der Waals surface area contributed by atoms with Crippen LogP contribution in [0.1, 0.15) is 12.5 Å². The molecule has 0 aliphatic carbocycles. The molecule has 3 N–H and O–H groups in total. The van der Waals surface area contributed by atoms with Crippen molar-refractivity contribution < 1.29 is 19.0 Å². The van der Waals surface area contributed by atoms with Crippen molar-refractivity contribution in [1.82, 2.24) is 25.2 Å². The highest BCUT2D eigenvalue weighted by Gasteiger charge is 2.44. The summed E-state index contributed by atoms with van der Waals surface area (Å²) in [6.07, 6.45) is 2.74. The summed E-state index contributed by atoms with van der Waals surface area (Å²) >= 11 is 0. The maximum Gasteiger partial charge on any atom is 0.138 e. The van der Waals surface area contributed by atoms with Gasteiger partial charge in [-0.2, -0.15) is 5.10 Å². The number of nitrogens with one attached hydrogen (secondary N) is 1. The van der Waals surface area contributed by atoms with Gasteiger partial charge in [-0.15, -0.1) is 0 Å². The molecule has 30 heavy (non-hydrogen) atoms. The average molecular weight is 416 g/mol. The molecular weight excluding hydrogens is 394 g/mol. The van der Waals surface area contributed by atoms with Gasteiger partial charge in [0.15, 0.2) is 0 Å². The second kappa shape index (κ2) is 7.98. The number of para-hydroxylation sites is 2. The SMILES string of the molecule is CC(N1CN(c2ccccc2O)CN1)C(O)(Cn1cncn1)c1ccc(F)cc1F. The lowest BCUT2D eigenvalue weighted by Crippen LogP contribution is -2.54. The Morgan fingerprint density at radius 1 is 1.23 bits per heavy atom. The zero-order chi connectivity index (χ0) is 21.3. The molecule has 0 radical (unpaired) electrons. The molecule has 0 bridgehead atoms. The number of hydrogen-bond acceptors (Lipinski definition) is 7. The normalized spacial score (nSPS) is 17.8. The minimum Gasteiger partial charge on any atom is -0.506 e. The number of rotatable bonds is 6. The number of halogens is 2. The van der Waals surface area contributed by atoms with Gasteiger partial charge in [0.2, 0.25) is 0 Å². The van der Waals surface area contributed by atoms with Crippen molar-refractivity contribution in [2.24, 2.45) is 0 Å². The molecule has 1 aliphatic rings. The molecule has 8 nitrogen and oxygen atoms in total. The van der Waals surface area contributed by atoms with Crippen LogP contribution in [0.2, 0.25) is 0 Å². The van der Waals surface area contributed by atoms with Crippen LogP contribution >= 0.6 is 0 Å². The number of aromatic hydroxyl groups is 1. The summed E-state index contributed by atoms with van der Waals surface area (Å²) in [4.78, 5) is 5.75. The number of aromatic nitrogens is 3. The van der Waals surface area contributed by atoms with E-state index < -0.39 is 23.3 Å². The van der Waals surface area contributed by atoms with Gasteiger partial charge < -0.3 is 15.1 Å². The van der Waals surface area contributed by atoms with E-state index in [2.05, 4.69) is 15.5 Å². The van der Waals surface area contributed by atoms with Crippen molar-refractivity contribution in [1.29, 1.82) is 0 Å². The van der Waals surface area contributed by atoms with Crippen LogP contribution < -0.4 is 10.3 Å². The van der Waals surface area contributed by atoms with E-state index in [0.717, 1.165) is 12.1 Å². The fourth-order valence-corrected chi connectivity index (χ4v) is 3.71. The maximum atomic E-state index is 14.7. The Morgan fingerprint density at radius 3 is 2.73 bits per heavy atom. The lowest BCUT2D eigenvalue weighted by Gasteiger charge is -2.39. The Hall–Kier alpha value is -3.08. The van der Waals surface area contributed by atoms with Crippen molar-refractivity contribution in [2.75, 3.05) is 18.2 Å². The van der Waals surface area contributed by atoms with Gasteiger partial charge in [-0.05, 0) is 25.1 Å². The molecule has 2 aromatic carbocycles. The van der Waals surface area contributed by atoms with Crippen LogP contribution in [0.25, 0.3) is 0 Å². The van der Waals surface area contributed by atoms with Crippen molar-refractivity contribution in [3.05, 3.63) is 72.3 Å². The van der Waals surface area contributed by atoms with Gasteiger partial charge >= 0.3 is 0 Å². The van der Waals surface area contributed by atoms with E-state index in [4.69, 9.17) is 0 Å². The molecule has 1 aliphatic heterocycles. The number of anilines is 1. The van der Waals surface area contributed by atoms with Gasteiger partial charge in [0.25, 0.3) is 0 Å². The van der Waals surface area contributed by atoms with E-state index in [1.807, 2.05) is 11.0 Å². The van der Waals surface area contributed by atoms with Crippen LogP contribution in [-0.4, -0.2) is 49.4 Å². The first kappa shape index (κ1) is 20.2. The Morgan fingerprint density at radius 2 is 2.03 bits per heavy atom. The Kier molecular flexibility index (Phi) is 5.37. The van der Waals surface area contributed by atoms with Crippen LogP contribution in [0.5, 0.6) is 5.75 Å². The topological polar surface area (TPSA) is 89.7 Å². The molecule has 2 atom stereocenters. The van der Waals surface area contributed by atoms with Crippen molar-refractivity contribution in [2.45, 2.75) is 25.1 Å². The summed E-state index contributed by atoms with van der Waals surface area (Å²) in [6, 6.07) is 9.38. The number of hydrazine groups is 1. The average Bonchev–Trinajstić information content (AvgIpc) is 3.39. The summed E-state index contributed by atoms with van der Waals surface area (Å²) in [5, 5.41) is 27.6. The molecule has 10 heteroatoms. The third-order valence-corrected chi connectivity index (χ3v) is 5.44. The quantitative estimate of drug-likeness (QED) is 0.564. The summed E-state index contributed by atoms with van der Waals surface area (Å²) in [7, 11) is 0. The summed E-state index contributed by atoms with van der Waals surface area (Å²) < 4.78 is 29.6. The van der Waals surface area contributed by atoms with Gasteiger partial charge in [0.1, 0.15) is 35.6 Å². The molecule has 158 valence electrons. The van der Waals surface area contributed by atoms with E-state index in [1.54, 1.807) is 30.1 Å². The smallest absolute Gasteiger partial charge is 0.138 e. The molecule has 1 aromatic heterocycles. The monoisotopic (exact) mass is 416 g/mol. The third-order valence-electron chi connectivity index (χ3n) is 5.44. The van der Waals surface area contributed by atoms with Crippen LogP contribution in [-0.2, 0) is 12.1 Å². The molecule has 0 spiro atoms. The Balaban J connectivity index is 1.64. The summed E-state index contributed by atoms with van der Waals surface area (Å²) in [5.41, 5.74) is 1.99. The first-order valence-electron chi connectivity index (χ1n) is 9.42. The van der Waals surface area contributed by atoms with E-state index >= 15 is 0 Å². The predicted molar refractivity (Wildman–Crippen MR) is 105 cm³/mol. The Bertz CT molecular complexity index is 1020. The molecule has 2 unspecified atom stereocenters. The molecule has 4 rings (SSSR count). The third kappa shape index (κ3) is 3.72. The zero-order valence-electron chi connectivity index (χ0n) is 16.3. The van der Waals surface area contributed by atoms with E-state index in [-0.39, 0.29) is 17.9 Å². The summed E-state index contributed by atoms with van der Waals surface area (Å²) in [6.45, 7) is 2.35.